The molecule has 8 heteroatoms. The lowest BCUT2D eigenvalue weighted by Gasteiger charge is -2.17. The van der Waals surface area contributed by atoms with Gasteiger partial charge in [-0.1, -0.05) is 42.0 Å². The van der Waals surface area contributed by atoms with Crippen molar-refractivity contribution in [2.75, 3.05) is 6.61 Å². The number of benzene rings is 2. The van der Waals surface area contributed by atoms with Crippen LogP contribution < -0.4 is 5.62 Å². The summed E-state index contributed by atoms with van der Waals surface area (Å²) in [5.41, 5.74) is 3.64. The summed E-state index contributed by atoms with van der Waals surface area (Å²) in [6.45, 7) is 1.79. The Morgan fingerprint density at radius 1 is 1.00 bits per heavy atom. The third-order valence-electron chi connectivity index (χ3n) is 5.34. The van der Waals surface area contributed by atoms with Crippen LogP contribution in [-0.2, 0) is 19.1 Å². The molecule has 1 atom stereocenters. The zero-order valence-electron chi connectivity index (χ0n) is 16.9. The summed E-state index contributed by atoms with van der Waals surface area (Å²) >= 11 is 0. The molecule has 4 rings (SSSR count). The van der Waals surface area contributed by atoms with E-state index >= 15 is 0 Å². The first-order valence-electron chi connectivity index (χ1n) is 9.84. The van der Waals surface area contributed by atoms with Gasteiger partial charge in [0.1, 0.15) is 5.76 Å². The van der Waals surface area contributed by atoms with Gasteiger partial charge >= 0.3 is 6.18 Å². The highest BCUT2D eigenvalue weighted by Gasteiger charge is 2.34. The van der Waals surface area contributed by atoms with Crippen molar-refractivity contribution in [3.05, 3.63) is 88.9 Å². The Kier molecular flexibility index (Phi) is 5.49. The minimum absolute atomic E-state index is 0.0227. The van der Waals surface area contributed by atoms with Crippen molar-refractivity contribution in [2.45, 2.75) is 32.1 Å². The minimum atomic E-state index is -4.56. The Hall–Kier alpha value is -3.26. The number of para-hydroxylation sites is 2. The van der Waals surface area contributed by atoms with E-state index in [9.17, 15) is 18.3 Å². The number of hydrogen-bond donors (Lipinski definition) is 2. The predicted molar refractivity (Wildman–Crippen MR) is 110 cm³/mol. The first kappa shape index (κ1) is 21.0. The normalized spacial score (nSPS) is 13.1. The number of alkyl halides is 3. The highest BCUT2D eigenvalue weighted by molar-refractivity contribution is 5.76. The molecule has 0 bridgehead atoms. The highest BCUT2D eigenvalue weighted by atomic mass is 19.4. The largest absolute Gasteiger partial charge is 0.455 e. The second kappa shape index (κ2) is 8.11. The first-order valence-corrected chi connectivity index (χ1v) is 9.84. The van der Waals surface area contributed by atoms with Gasteiger partial charge < -0.3 is 18.7 Å². The average Bonchev–Trinajstić information content (AvgIpc) is 3.32. The van der Waals surface area contributed by atoms with Crippen LogP contribution in [0.15, 0.2) is 65.1 Å². The van der Waals surface area contributed by atoms with Gasteiger partial charge in [-0.2, -0.15) is 13.2 Å². The molecule has 162 valence electrons. The summed E-state index contributed by atoms with van der Waals surface area (Å²) < 4.78 is 47.0. The summed E-state index contributed by atoms with van der Waals surface area (Å²) in [5.74, 6) is -0.959. The average molecular weight is 429 g/mol. The zero-order valence-corrected chi connectivity index (χ0v) is 16.9. The standard InChI is InChI=1S/C23H22F3N3O2/c1-15-6-8-16(9-7-15)12-17(14-30)29-20-5-3-2-4-19(20)28(22(29)27)13-18-10-11-21(31-18)23(24,25)26/h2-11,17,27,30H,12-14H2,1H3. The van der Waals surface area contributed by atoms with E-state index in [0.717, 1.165) is 22.7 Å². The lowest BCUT2D eigenvalue weighted by atomic mass is 10.0. The second-order valence-electron chi connectivity index (χ2n) is 7.56. The fourth-order valence-electron chi connectivity index (χ4n) is 3.79. The maximum atomic E-state index is 12.9. The molecule has 4 aromatic rings. The molecule has 2 N–H and O–H groups in total. The van der Waals surface area contributed by atoms with E-state index in [4.69, 9.17) is 9.83 Å². The van der Waals surface area contributed by atoms with Crippen LogP contribution in [0.4, 0.5) is 13.2 Å². The number of aromatic nitrogens is 2. The number of furan rings is 1. The summed E-state index contributed by atoms with van der Waals surface area (Å²) in [5, 5.41) is 18.9. The Labute approximate surface area is 176 Å². The van der Waals surface area contributed by atoms with Crippen molar-refractivity contribution in [3.8, 4) is 0 Å². The molecule has 0 aliphatic heterocycles. The van der Waals surface area contributed by atoms with Crippen molar-refractivity contribution < 1.29 is 22.7 Å². The summed E-state index contributed by atoms with van der Waals surface area (Å²) in [4.78, 5) is 0. The smallest absolute Gasteiger partial charge is 0.449 e. The van der Waals surface area contributed by atoms with Crippen molar-refractivity contribution in [3.63, 3.8) is 0 Å². The number of aliphatic hydroxyl groups is 1. The number of imidazole rings is 1. The topological polar surface area (TPSA) is 67.1 Å². The Morgan fingerprint density at radius 3 is 2.29 bits per heavy atom. The van der Waals surface area contributed by atoms with Crippen LogP contribution in [-0.4, -0.2) is 20.8 Å². The molecule has 2 heterocycles. The minimum Gasteiger partial charge on any atom is -0.455 e. The first-order chi connectivity index (χ1) is 14.8. The molecule has 0 radical (unpaired) electrons. The number of fused-ring (bicyclic) bond motifs is 1. The van der Waals surface area contributed by atoms with Crippen LogP contribution in [0.25, 0.3) is 11.0 Å². The van der Waals surface area contributed by atoms with E-state index in [0.29, 0.717) is 11.9 Å². The molecule has 0 saturated heterocycles. The van der Waals surface area contributed by atoms with E-state index in [1.807, 2.05) is 43.3 Å². The molecule has 2 aromatic carbocycles. The molecule has 0 fully saturated rings. The SMILES string of the molecule is Cc1ccc(CC(CO)n2c(=N)n(Cc3ccc(C(F)(F)F)o3)c3ccccc32)cc1. The second-order valence-corrected chi connectivity index (χ2v) is 7.56. The number of rotatable bonds is 6. The van der Waals surface area contributed by atoms with Gasteiger partial charge in [-0.05, 0) is 43.2 Å². The number of nitrogens with zero attached hydrogens (tertiary/aromatic N) is 2. The van der Waals surface area contributed by atoms with Gasteiger partial charge in [0.15, 0.2) is 0 Å². The molecule has 31 heavy (non-hydrogen) atoms. The molecule has 2 aromatic heterocycles. The monoisotopic (exact) mass is 429 g/mol. The van der Waals surface area contributed by atoms with Crippen LogP contribution in [0.1, 0.15) is 28.7 Å². The van der Waals surface area contributed by atoms with Crippen LogP contribution >= 0.6 is 0 Å². The Balaban J connectivity index is 1.74. The fraction of sp³-hybridized carbons (Fsp3) is 0.261. The predicted octanol–water partition coefficient (Wildman–Crippen LogP) is 4.67. The molecule has 0 amide bonds. The van der Waals surface area contributed by atoms with Crippen molar-refractivity contribution in [2.24, 2.45) is 0 Å². The highest BCUT2D eigenvalue weighted by Crippen LogP contribution is 2.31. The van der Waals surface area contributed by atoms with Gasteiger partial charge in [0, 0.05) is 0 Å². The van der Waals surface area contributed by atoms with E-state index in [2.05, 4.69) is 0 Å². The van der Waals surface area contributed by atoms with E-state index in [1.54, 1.807) is 21.3 Å². The van der Waals surface area contributed by atoms with Gasteiger partial charge in [0.2, 0.25) is 11.4 Å². The quantitative estimate of drug-likeness (QED) is 0.468. The van der Waals surface area contributed by atoms with Crippen molar-refractivity contribution in [1.29, 1.82) is 5.41 Å². The number of hydrogen-bond acceptors (Lipinski definition) is 3. The number of nitrogens with one attached hydrogen (secondary N) is 1. The molecule has 5 nitrogen and oxygen atoms in total. The summed E-state index contributed by atoms with van der Waals surface area (Å²) in [7, 11) is 0. The van der Waals surface area contributed by atoms with Gasteiger partial charge in [-0.15, -0.1) is 0 Å². The van der Waals surface area contributed by atoms with Crippen molar-refractivity contribution in [1.82, 2.24) is 9.13 Å². The van der Waals surface area contributed by atoms with Crippen LogP contribution in [0.5, 0.6) is 0 Å². The van der Waals surface area contributed by atoms with E-state index in [1.165, 1.54) is 6.07 Å². The van der Waals surface area contributed by atoms with Crippen molar-refractivity contribution >= 4 is 11.0 Å². The summed E-state index contributed by atoms with van der Waals surface area (Å²) in [6, 6.07) is 17.0. The summed E-state index contributed by atoms with van der Waals surface area (Å²) in [6.07, 6.45) is -4.04. The van der Waals surface area contributed by atoms with Gasteiger partial charge in [0.05, 0.1) is 30.2 Å². The van der Waals surface area contributed by atoms with Crippen LogP contribution in [0.2, 0.25) is 0 Å². The number of aliphatic hydroxyl groups excluding tert-OH is 1. The molecule has 1 unspecified atom stereocenters. The zero-order chi connectivity index (χ0) is 22.2. The molecule has 0 aliphatic rings. The molecule has 0 saturated carbocycles. The third-order valence-corrected chi connectivity index (χ3v) is 5.34. The molecular weight excluding hydrogens is 407 g/mol. The third kappa shape index (κ3) is 4.16. The van der Waals surface area contributed by atoms with Gasteiger partial charge in [-0.25, -0.2) is 0 Å². The van der Waals surface area contributed by atoms with E-state index in [-0.39, 0.29) is 24.5 Å². The van der Waals surface area contributed by atoms with E-state index < -0.39 is 18.0 Å². The Morgan fingerprint density at radius 2 is 1.68 bits per heavy atom. The number of halogens is 3. The maximum absolute atomic E-state index is 12.9. The maximum Gasteiger partial charge on any atom is 0.449 e. The molecule has 0 spiro atoms. The van der Waals surface area contributed by atoms with Crippen LogP contribution in [0.3, 0.4) is 0 Å². The number of aryl methyl sites for hydroxylation is 1. The fourth-order valence-corrected chi connectivity index (χ4v) is 3.79. The van der Waals surface area contributed by atoms with Crippen LogP contribution in [0, 0.1) is 12.3 Å². The lowest BCUT2D eigenvalue weighted by molar-refractivity contribution is -0.153. The van der Waals surface area contributed by atoms with Gasteiger partial charge in [-0.3, -0.25) is 5.41 Å². The molecule has 0 aliphatic carbocycles. The Bertz CT molecular complexity index is 1250. The lowest BCUT2D eigenvalue weighted by Crippen LogP contribution is -2.30. The van der Waals surface area contributed by atoms with Gasteiger partial charge in [0.25, 0.3) is 0 Å². The molecular formula is C23H22F3N3O2.